The Labute approximate surface area is 188 Å². The monoisotopic (exact) mass is 446 g/mol. The van der Waals surface area contributed by atoms with E-state index in [0.29, 0.717) is 47.7 Å². The molecule has 0 bridgehead atoms. The molecule has 1 atom stereocenters. The number of aromatic nitrogens is 4. The van der Waals surface area contributed by atoms with Gasteiger partial charge in [0.15, 0.2) is 0 Å². The van der Waals surface area contributed by atoms with Crippen LogP contribution in [0.2, 0.25) is 0 Å². The van der Waals surface area contributed by atoms with Crippen molar-refractivity contribution < 1.29 is 14.6 Å². The number of pyridine rings is 2. The highest BCUT2D eigenvalue weighted by Crippen LogP contribution is 2.29. The number of likely N-dealkylation sites (tertiary alicyclic amines) is 1. The number of carboxylic acid groups (broad SMARTS) is 1. The third-order valence-electron chi connectivity index (χ3n) is 5.79. The molecular weight excluding hydrogens is 424 g/mol. The number of nitrogens with two attached hydrogens (primary N) is 1. The second kappa shape index (κ2) is 8.30. The predicted molar refractivity (Wildman–Crippen MR) is 122 cm³/mol. The Morgan fingerprint density at radius 1 is 1.12 bits per heavy atom. The smallest absolute Gasteiger partial charge is 0.407 e. The number of nitrogens with zero attached hydrogens (tertiary/aromatic N) is 5. The van der Waals surface area contributed by atoms with Crippen molar-refractivity contribution in [2.24, 2.45) is 0 Å². The lowest BCUT2D eigenvalue weighted by atomic mass is 10.1. The van der Waals surface area contributed by atoms with Gasteiger partial charge in [-0.1, -0.05) is 18.2 Å². The van der Waals surface area contributed by atoms with E-state index in [2.05, 4.69) is 9.97 Å². The summed E-state index contributed by atoms with van der Waals surface area (Å²) in [7, 11) is 0. The summed E-state index contributed by atoms with van der Waals surface area (Å²) in [6, 6.07) is 14.1. The number of anilines is 1. The molecule has 0 radical (unpaired) electrons. The van der Waals surface area contributed by atoms with Gasteiger partial charge in [-0.15, -0.1) is 0 Å². The molecule has 1 fully saturated rings. The molecule has 10 nitrogen and oxygen atoms in total. The van der Waals surface area contributed by atoms with Gasteiger partial charge >= 0.3 is 11.8 Å². The summed E-state index contributed by atoms with van der Waals surface area (Å²) in [6.07, 6.45) is 3.46. The van der Waals surface area contributed by atoms with Crippen LogP contribution in [-0.2, 0) is 0 Å². The Balaban J connectivity index is 1.57. The number of benzene rings is 1. The molecule has 0 aliphatic carbocycles. The Morgan fingerprint density at radius 2 is 1.94 bits per heavy atom. The molecule has 0 saturated carbocycles. The zero-order valence-electron chi connectivity index (χ0n) is 17.7. The van der Waals surface area contributed by atoms with E-state index in [-0.39, 0.29) is 24.1 Å². The van der Waals surface area contributed by atoms with Crippen LogP contribution in [0.1, 0.15) is 18.9 Å². The van der Waals surface area contributed by atoms with Crippen LogP contribution in [0.15, 0.2) is 65.7 Å². The lowest BCUT2D eigenvalue weighted by molar-refractivity contribution is 0.121. The molecule has 1 aliphatic rings. The van der Waals surface area contributed by atoms with E-state index >= 15 is 0 Å². The number of hydrogen-bond donors (Lipinski definition) is 2. The molecule has 168 valence electrons. The topological polar surface area (TPSA) is 128 Å². The molecule has 1 saturated heterocycles. The highest BCUT2D eigenvalue weighted by Gasteiger charge is 2.29. The summed E-state index contributed by atoms with van der Waals surface area (Å²) in [5, 5.41) is 9.43. The van der Waals surface area contributed by atoms with Gasteiger partial charge in [-0.05, 0) is 37.1 Å². The first-order valence-electron chi connectivity index (χ1n) is 10.6. The maximum atomic E-state index is 13.6. The largest absolute Gasteiger partial charge is 0.465 e. The zero-order chi connectivity index (χ0) is 22.9. The lowest BCUT2D eigenvalue weighted by Gasteiger charge is -2.31. The van der Waals surface area contributed by atoms with Crippen molar-refractivity contribution in [3.8, 4) is 17.3 Å². The number of ether oxygens (including phenoxy) is 1. The molecule has 4 heterocycles. The Kier molecular flexibility index (Phi) is 5.17. The van der Waals surface area contributed by atoms with Gasteiger partial charge < -0.3 is 20.5 Å². The third-order valence-corrected chi connectivity index (χ3v) is 5.79. The first kappa shape index (κ1) is 20.6. The number of para-hydroxylation sites is 1. The number of carbonyl (C=O) groups is 1. The van der Waals surface area contributed by atoms with Crippen LogP contribution < -0.4 is 16.2 Å². The normalized spacial score (nSPS) is 16.1. The van der Waals surface area contributed by atoms with Crippen LogP contribution in [0, 0.1) is 0 Å². The first-order chi connectivity index (χ1) is 16.0. The van der Waals surface area contributed by atoms with E-state index in [4.69, 9.17) is 10.5 Å². The van der Waals surface area contributed by atoms with Crippen molar-refractivity contribution in [1.82, 2.24) is 24.0 Å². The Bertz CT molecular complexity index is 1360. The minimum absolute atomic E-state index is 0.207. The molecule has 33 heavy (non-hydrogen) atoms. The van der Waals surface area contributed by atoms with Crippen molar-refractivity contribution >= 4 is 22.9 Å². The van der Waals surface area contributed by atoms with E-state index in [9.17, 15) is 14.7 Å². The van der Waals surface area contributed by atoms with Crippen LogP contribution in [0.25, 0.3) is 16.7 Å². The molecule has 3 aromatic heterocycles. The average molecular weight is 446 g/mol. The minimum Gasteiger partial charge on any atom is -0.465 e. The maximum Gasteiger partial charge on any atom is 0.407 e. The summed E-state index contributed by atoms with van der Waals surface area (Å²) in [5.74, 6) is 1.25. The Morgan fingerprint density at radius 3 is 2.67 bits per heavy atom. The fourth-order valence-electron chi connectivity index (χ4n) is 4.30. The molecule has 10 heteroatoms. The van der Waals surface area contributed by atoms with Gasteiger partial charge in [-0.3, -0.25) is 9.13 Å². The SMILES string of the molecule is Nc1nccc2c1n(-c1ccc(Oc3ccccc3)nc1)c(=O)n2C1CCCN(C(=O)O)C1. The van der Waals surface area contributed by atoms with Crippen LogP contribution >= 0.6 is 0 Å². The summed E-state index contributed by atoms with van der Waals surface area (Å²) < 4.78 is 8.83. The summed E-state index contributed by atoms with van der Waals surface area (Å²) >= 11 is 0. The van der Waals surface area contributed by atoms with Gasteiger partial charge in [0.05, 0.1) is 23.4 Å². The van der Waals surface area contributed by atoms with Crippen molar-refractivity contribution in [1.29, 1.82) is 0 Å². The number of fused-ring (bicyclic) bond motifs is 1. The van der Waals surface area contributed by atoms with E-state index in [1.807, 2.05) is 30.3 Å². The van der Waals surface area contributed by atoms with Gasteiger partial charge in [0.2, 0.25) is 5.88 Å². The van der Waals surface area contributed by atoms with Crippen molar-refractivity contribution in [2.75, 3.05) is 18.8 Å². The molecule has 0 spiro atoms. The van der Waals surface area contributed by atoms with Crippen LogP contribution in [0.5, 0.6) is 11.6 Å². The predicted octanol–water partition coefficient (Wildman–Crippen LogP) is 3.27. The molecule has 1 aliphatic heterocycles. The fourth-order valence-corrected chi connectivity index (χ4v) is 4.30. The molecule has 1 aromatic carbocycles. The number of hydrogen-bond acceptors (Lipinski definition) is 6. The molecular formula is C23H22N6O4. The van der Waals surface area contributed by atoms with Crippen molar-refractivity contribution in [3.05, 3.63) is 71.4 Å². The number of imidazole rings is 1. The standard InChI is InChI=1S/C23H22N6O4/c24-21-20-18(10-11-25-21)28(16-5-4-12-27(14-16)23(31)32)22(30)29(20)15-8-9-19(26-13-15)33-17-6-2-1-3-7-17/h1-3,6-11,13,16H,4-5,12,14H2,(H2,24,25)(H,31,32). The molecule has 4 aromatic rings. The highest BCUT2D eigenvalue weighted by atomic mass is 16.5. The zero-order valence-corrected chi connectivity index (χ0v) is 17.7. The molecule has 1 unspecified atom stereocenters. The minimum atomic E-state index is -0.990. The average Bonchev–Trinajstić information content (AvgIpc) is 3.13. The van der Waals surface area contributed by atoms with Gasteiger partial charge in [0.1, 0.15) is 17.1 Å². The van der Waals surface area contributed by atoms with Gasteiger partial charge in [-0.25, -0.2) is 19.6 Å². The molecule has 1 amide bonds. The van der Waals surface area contributed by atoms with Crippen molar-refractivity contribution in [3.63, 3.8) is 0 Å². The van der Waals surface area contributed by atoms with E-state index < -0.39 is 6.09 Å². The molecule has 3 N–H and O–H groups in total. The lowest BCUT2D eigenvalue weighted by Crippen LogP contribution is -2.42. The van der Waals surface area contributed by atoms with E-state index in [1.165, 1.54) is 9.47 Å². The van der Waals surface area contributed by atoms with E-state index in [1.54, 1.807) is 35.2 Å². The maximum absolute atomic E-state index is 13.6. The number of piperidine rings is 1. The summed E-state index contributed by atoms with van der Waals surface area (Å²) in [6.45, 7) is 0.689. The highest BCUT2D eigenvalue weighted by molar-refractivity contribution is 5.87. The Hall–Kier alpha value is -4.34. The summed E-state index contributed by atoms with van der Waals surface area (Å²) in [4.78, 5) is 35.0. The number of rotatable bonds is 4. The number of amides is 1. The third kappa shape index (κ3) is 3.75. The second-order valence-electron chi connectivity index (χ2n) is 7.85. The summed E-state index contributed by atoms with van der Waals surface area (Å²) in [5.41, 5.74) is 7.44. The van der Waals surface area contributed by atoms with Gasteiger partial charge in [0.25, 0.3) is 0 Å². The van der Waals surface area contributed by atoms with E-state index in [0.717, 1.165) is 0 Å². The fraction of sp³-hybridized carbons (Fsp3) is 0.217. The molecule has 5 rings (SSSR count). The number of nitrogen functional groups attached to an aromatic ring is 1. The van der Waals surface area contributed by atoms with Crippen LogP contribution in [-0.4, -0.2) is 48.3 Å². The first-order valence-corrected chi connectivity index (χ1v) is 10.6. The van der Waals surface area contributed by atoms with Gasteiger partial charge in [0, 0.05) is 25.4 Å². The quantitative estimate of drug-likeness (QED) is 0.492. The van der Waals surface area contributed by atoms with Gasteiger partial charge in [-0.2, -0.15) is 0 Å². The van der Waals surface area contributed by atoms with Crippen molar-refractivity contribution in [2.45, 2.75) is 18.9 Å². The second-order valence-corrected chi connectivity index (χ2v) is 7.85. The van der Waals surface area contributed by atoms with Crippen LogP contribution in [0.4, 0.5) is 10.6 Å². The van der Waals surface area contributed by atoms with Crippen LogP contribution in [0.3, 0.4) is 0 Å².